The van der Waals surface area contributed by atoms with E-state index in [1.165, 1.54) is 12.1 Å². The van der Waals surface area contributed by atoms with Crippen LogP contribution >= 0.6 is 0 Å². The minimum Gasteiger partial charge on any atom is -0.383 e. The molecule has 0 atom stereocenters. The Morgan fingerprint density at radius 3 is 2.35 bits per heavy atom. The Bertz CT molecular complexity index is 615. The molecule has 0 spiro atoms. The second kappa shape index (κ2) is 5.19. The zero-order valence-electron chi connectivity index (χ0n) is 11.3. The van der Waals surface area contributed by atoms with Crippen molar-refractivity contribution in [1.29, 1.82) is 0 Å². The molecule has 0 aliphatic heterocycles. The number of nitrogens with zero attached hydrogens (tertiary/aromatic N) is 2. The van der Waals surface area contributed by atoms with Crippen LogP contribution in [0.5, 0.6) is 0 Å². The Labute approximate surface area is 115 Å². The third kappa shape index (κ3) is 2.37. The summed E-state index contributed by atoms with van der Waals surface area (Å²) in [6, 6.07) is 5.37. The Morgan fingerprint density at radius 1 is 1.20 bits per heavy atom. The first-order chi connectivity index (χ1) is 9.40. The predicted molar refractivity (Wildman–Crippen MR) is 72.1 cm³/mol. The first-order valence-corrected chi connectivity index (χ1v) is 6.41. The molecule has 3 nitrogen and oxygen atoms in total. The fraction of sp³-hybridized carbons (Fsp3) is 0.357. The zero-order chi connectivity index (χ0) is 14.9. The highest BCUT2D eigenvalue weighted by Gasteiger charge is 2.34. The van der Waals surface area contributed by atoms with Gasteiger partial charge in [-0.3, -0.25) is 0 Å². The van der Waals surface area contributed by atoms with E-state index in [1.807, 2.05) is 13.8 Å². The van der Waals surface area contributed by atoms with Gasteiger partial charge in [0, 0.05) is 18.5 Å². The van der Waals surface area contributed by atoms with Crippen molar-refractivity contribution in [3.05, 3.63) is 35.7 Å². The van der Waals surface area contributed by atoms with Crippen molar-refractivity contribution in [3.8, 4) is 11.3 Å². The van der Waals surface area contributed by atoms with Gasteiger partial charge in [0.15, 0.2) is 0 Å². The third-order valence-corrected chi connectivity index (χ3v) is 3.21. The normalized spacial score (nSPS) is 11.8. The molecule has 20 heavy (non-hydrogen) atoms. The van der Waals surface area contributed by atoms with E-state index in [0.29, 0.717) is 18.8 Å². The maximum absolute atomic E-state index is 13.1. The molecule has 2 N–H and O–H groups in total. The highest BCUT2D eigenvalue weighted by molar-refractivity contribution is 5.74. The molecule has 0 aliphatic rings. The largest absolute Gasteiger partial charge is 0.417 e. The van der Waals surface area contributed by atoms with Crippen LogP contribution in [-0.4, -0.2) is 9.55 Å². The summed E-state index contributed by atoms with van der Waals surface area (Å²) in [5.74, 6) is 0.970. The molecule has 108 valence electrons. The van der Waals surface area contributed by atoms with Gasteiger partial charge in [-0.25, -0.2) is 4.98 Å². The number of anilines is 1. The summed E-state index contributed by atoms with van der Waals surface area (Å²) in [4.78, 5) is 4.28. The lowest BCUT2D eigenvalue weighted by molar-refractivity contribution is -0.137. The average Bonchev–Trinajstić information content (AvgIpc) is 2.74. The van der Waals surface area contributed by atoms with Crippen LogP contribution in [0.3, 0.4) is 0 Å². The maximum atomic E-state index is 13.1. The lowest BCUT2D eigenvalue weighted by Crippen LogP contribution is -2.08. The van der Waals surface area contributed by atoms with E-state index in [4.69, 9.17) is 5.73 Å². The molecule has 0 aliphatic carbocycles. The fourth-order valence-electron chi connectivity index (χ4n) is 2.27. The molecule has 0 saturated carbocycles. The summed E-state index contributed by atoms with van der Waals surface area (Å²) in [6.45, 7) is 4.36. The van der Waals surface area contributed by atoms with E-state index in [1.54, 1.807) is 10.6 Å². The molecule has 2 aromatic rings. The predicted octanol–water partition coefficient (Wildman–Crippen LogP) is 3.73. The molecule has 0 radical (unpaired) electrons. The molecule has 0 amide bonds. The number of hydrogen-bond donors (Lipinski definition) is 1. The van der Waals surface area contributed by atoms with Crippen LogP contribution in [0.4, 0.5) is 19.0 Å². The van der Waals surface area contributed by atoms with Crippen molar-refractivity contribution in [2.24, 2.45) is 0 Å². The van der Waals surface area contributed by atoms with Crippen molar-refractivity contribution in [2.75, 3.05) is 5.73 Å². The molecule has 2 rings (SSSR count). The van der Waals surface area contributed by atoms with Gasteiger partial charge in [-0.15, -0.1) is 0 Å². The molecule has 0 fully saturated rings. The van der Waals surface area contributed by atoms with Crippen LogP contribution in [0, 0.1) is 0 Å². The van der Waals surface area contributed by atoms with Gasteiger partial charge in [-0.1, -0.05) is 25.1 Å². The second-order valence-corrected chi connectivity index (χ2v) is 4.40. The summed E-state index contributed by atoms with van der Waals surface area (Å²) >= 11 is 0. The Kier molecular flexibility index (Phi) is 3.74. The number of halogens is 3. The van der Waals surface area contributed by atoms with E-state index in [-0.39, 0.29) is 17.1 Å². The summed E-state index contributed by atoms with van der Waals surface area (Å²) in [7, 11) is 0. The number of aryl methyl sites for hydroxylation is 1. The van der Waals surface area contributed by atoms with Crippen molar-refractivity contribution in [1.82, 2.24) is 9.55 Å². The van der Waals surface area contributed by atoms with Crippen molar-refractivity contribution >= 4 is 5.82 Å². The van der Waals surface area contributed by atoms with Gasteiger partial charge in [-0.05, 0) is 13.0 Å². The minimum atomic E-state index is -4.43. The summed E-state index contributed by atoms with van der Waals surface area (Å²) in [6.07, 6.45) is -3.81. The number of nitrogen functional groups attached to an aromatic ring is 1. The third-order valence-electron chi connectivity index (χ3n) is 3.21. The maximum Gasteiger partial charge on any atom is 0.417 e. The number of rotatable bonds is 3. The number of benzene rings is 1. The molecule has 6 heteroatoms. The van der Waals surface area contributed by atoms with Gasteiger partial charge in [0.25, 0.3) is 0 Å². The van der Waals surface area contributed by atoms with Crippen LogP contribution in [0.1, 0.15) is 25.2 Å². The Hall–Kier alpha value is -1.98. The van der Waals surface area contributed by atoms with Gasteiger partial charge in [0.1, 0.15) is 17.3 Å². The molecule has 1 aromatic heterocycles. The molecular weight excluding hydrogens is 267 g/mol. The van der Waals surface area contributed by atoms with E-state index in [9.17, 15) is 13.2 Å². The lowest BCUT2D eigenvalue weighted by atomic mass is 10.0. The van der Waals surface area contributed by atoms with Crippen molar-refractivity contribution in [3.63, 3.8) is 0 Å². The molecule has 1 aromatic carbocycles. The van der Waals surface area contributed by atoms with Crippen molar-refractivity contribution < 1.29 is 13.2 Å². The van der Waals surface area contributed by atoms with Crippen LogP contribution in [0.2, 0.25) is 0 Å². The Balaban J connectivity index is 2.67. The van der Waals surface area contributed by atoms with Crippen LogP contribution < -0.4 is 5.73 Å². The molecule has 0 saturated heterocycles. The lowest BCUT2D eigenvalue weighted by Gasteiger charge is -2.11. The van der Waals surface area contributed by atoms with Crippen LogP contribution in [-0.2, 0) is 19.1 Å². The molecule has 0 bridgehead atoms. The minimum absolute atomic E-state index is 0.0272. The number of aromatic nitrogens is 2. The van der Waals surface area contributed by atoms with E-state index in [2.05, 4.69) is 4.98 Å². The van der Waals surface area contributed by atoms with Crippen LogP contribution in [0.15, 0.2) is 24.3 Å². The SMILES string of the molecule is CCc1nc(-c2ccccc2C(F)(F)F)c(N)n1CC. The first kappa shape index (κ1) is 14.4. The Morgan fingerprint density at radius 2 is 1.85 bits per heavy atom. The zero-order valence-corrected chi connectivity index (χ0v) is 11.3. The van der Waals surface area contributed by atoms with Crippen molar-refractivity contribution in [2.45, 2.75) is 33.0 Å². The summed E-state index contributed by atoms with van der Waals surface area (Å²) in [5, 5.41) is 0. The van der Waals surface area contributed by atoms with Crippen LogP contribution in [0.25, 0.3) is 11.3 Å². The number of imidazole rings is 1. The standard InChI is InChI=1S/C14H16F3N3/c1-3-11-19-12(13(18)20(11)4-2)9-7-5-6-8-10(9)14(15,16)17/h5-8H,3-4,18H2,1-2H3. The quantitative estimate of drug-likeness (QED) is 0.932. The van der Waals surface area contributed by atoms with Gasteiger partial charge in [0.2, 0.25) is 0 Å². The fourth-order valence-corrected chi connectivity index (χ4v) is 2.27. The topological polar surface area (TPSA) is 43.8 Å². The average molecular weight is 283 g/mol. The second-order valence-electron chi connectivity index (χ2n) is 4.40. The first-order valence-electron chi connectivity index (χ1n) is 6.41. The monoisotopic (exact) mass is 283 g/mol. The summed E-state index contributed by atoms with van der Waals surface area (Å²) < 4.78 is 40.9. The number of hydrogen-bond acceptors (Lipinski definition) is 2. The highest BCUT2D eigenvalue weighted by Crippen LogP contribution is 2.38. The van der Waals surface area contributed by atoms with Gasteiger partial charge in [0.05, 0.1) is 5.56 Å². The molecule has 0 unspecified atom stereocenters. The van der Waals surface area contributed by atoms with Gasteiger partial charge in [-0.2, -0.15) is 13.2 Å². The number of nitrogens with two attached hydrogens (primary N) is 1. The van der Waals surface area contributed by atoms with E-state index < -0.39 is 11.7 Å². The van der Waals surface area contributed by atoms with E-state index in [0.717, 1.165) is 6.07 Å². The molecular formula is C14H16F3N3. The van der Waals surface area contributed by atoms with Gasteiger partial charge >= 0.3 is 6.18 Å². The molecule has 1 heterocycles. The highest BCUT2D eigenvalue weighted by atomic mass is 19.4. The van der Waals surface area contributed by atoms with Gasteiger partial charge < -0.3 is 10.3 Å². The smallest absolute Gasteiger partial charge is 0.383 e. The number of alkyl halides is 3. The van der Waals surface area contributed by atoms with E-state index >= 15 is 0 Å². The summed E-state index contributed by atoms with van der Waals surface area (Å²) in [5.41, 5.74) is 5.49.